The van der Waals surface area contributed by atoms with Gasteiger partial charge in [0.05, 0.1) is 17.2 Å². The first-order valence-corrected chi connectivity index (χ1v) is 12.9. The van der Waals surface area contributed by atoms with Crippen LogP contribution in [0.15, 0.2) is 23.0 Å². The number of likely N-dealkylation sites (N-methyl/N-ethyl adjacent to an activating group) is 1. The minimum atomic E-state index is -2.60. The Morgan fingerprint density at radius 3 is 2.36 bits per heavy atom. The number of ketones is 1. The second-order valence-corrected chi connectivity index (χ2v) is 12.6. The van der Waals surface area contributed by atoms with Crippen LogP contribution in [0.1, 0.15) is 43.9 Å². The van der Waals surface area contributed by atoms with Gasteiger partial charge in [0.2, 0.25) is 0 Å². The maximum atomic E-state index is 15.3. The zero-order valence-corrected chi connectivity index (χ0v) is 23.1. The molecule has 0 aliphatic heterocycles. The molecule has 0 bridgehead atoms. The number of fused-ring (bicyclic) bond motifs is 3. The molecule has 1 aromatic carbocycles. The van der Waals surface area contributed by atoms with E-state index in [0.29, 0.717) is 12.1 Å². The van der Waals surface area contributed by atoms with E-state index in [1.807, 2.05) is 11.9 Å². The highest BCUT2D eigenvalue weighted by molar-refractivity contribution is 6.11. The molecule has 214 valence electrons. The first-order valence-electron chi connectivity index (χ1n) is 12.9. The minimum absolute atomic E-state index is 0.0362. The lowest BCUT2D eigenvalue weighted by atomic mass is 9.56. The second-order valence-electron chi connectivity index (χ2n) is 12.6. The number of Topliss-reactive ketones (excluding diaryl/α,β-unsaturated/α-hetero) is 1. The molecule has 0 spiro atoms. The molecule has 0 radical (unpaired) electrons. The highest BCUT2D eigenvalue weighted by Crippen LogP contribution is 2.53. The summed E-state index contributed by atoms with van der Waals surface area (Å²) in [5, 5.41) is 55.6. The number of aliphatic hydroxyl groups is 4. The van der Waals surface area contributed by atoms with Gasteiger partial charge in [-0.2, -0.15) is 0 Å². The van der Waals surface area contributed by atoms with Gasteiger partial charge in [-0.05, 0) is 50.9 Å². The zero-order valence-electron chi connectivity index (χ0n) is 23.1. The van der Waals surface area contributed by atoms with Crippen LogP contribution in [0.5, 0.6) is 5.75 Å². The van der Waals surface area contributed by atoms with Gasteiger partial charge < -0.3 is 36.2 Å². The molecule has 5 atom stereocenters. The molecular weight excluding hydrogens is 509 g/mol. The molecule has 1 unspecified atom stereocenters. The Morgan fingerprint density at radius 2 is 1.82 bits per heavy atom. The fourth-order valence-electron chi connectivity index (χ4n) is 6.79. The summed E-state index contributed by atoms with van der Waals surface area (Å²) in [6.07, 6.45) is -1.98. The van der Waals surface area contributed by atoms with E-state index in [9.17, 15) is 35.1 Å². The van der Waals surface area contributed by atoms with E-state index < -0.39 is 69.9 Å². The number of halogens is 1. The summed E-state index contributed by atoms with van der Waals surface area (Å²) in [7, 11) is 5.01. The van der Waals surface area contributed by atoms with Gasteiger partial charge in [0, 0.05) is 30.1 Å². The molecule has 39 heavy (non-hydrogen) atoms. The summed E-state index contributed by atoms with van der Waals surface area (Å²) in [6, 6.07) is 0.543. The highest BCUT2D eigenvalue weighted by Gasteiger charge is 2.64. The first-order chi connectivity index (χ1) is 17.9. The number of nitrogens with zero attached hydrogens (tertiary/aromatic N) is 2. The van der Waals surface area contributed by atoms with E-state index in [1.165, 1.54) is 4.90 Å². The lowest BCUT2D eigenvalue weighted by molar-refractivity contribution is -0.170. The summed E-state index contributed by atoms with van der Waals surface area (Å²) in [6.45, 7) is 7.03. The third-order valence-electron chi connectivity index (χ3n) is 8.11. The number of amides is 1. The summed E-state index contributed by atoms with van der Waals surface area (Å²) < 4.78 is 15.3. The van der Waals surface area contributed by atoms with Gasteiger partial charge in [0.15, 0.2) is 23.0 Å². The Kier molecular flexibility index (Phi) is 7.13. The fraction of sp³-hybridized carbons (Fsp3) is 0.571. The molecule has 4 rings (SSSR count). The number of benzene rings is 1. The number of primary amides is 1. The first kappa shape index (κ1) is 29.0. The van der Waals surface area contributed by atoms with Crippen molar-refractivity contribution in [2.45, 2.75) is 57.9 Å². The molecule has 3 aliphatic carbocycles. The Bertz CT molecular complexity index is 1300. The number of carbonyl (C=O) groups excluding carboxylic acids is 2. The maximum absolute atomic E-state index is 15.3. The van der Waals surface area contributed by atoms with Crippen LogP contribution >= 0.6 is 0 Å². The van der Waals surface area contributed by atoms with E-state index in [1.54, 1.807) is 20.2 Å². The normalized spacial score (nSPS) is 29.1. The monoisotopic (exact) mass is 547 g/mol. The van der Waals surface area contributed by atoms with Crippen LogP contribution < -0.4 is 5.73 Å². The van der Waals surface area contributed by atoms with Crippen molar-refractivity contribution < 1.29 is 39.5 Å². The second kappa shape index (κ2) is 9.58. The van der Waals surface area contributed by atoms with Crippen LogP contribution in [0.4, 0.5) is 4.39 Å². The van der Waals surface area contributed by atoms with Gasteiger partial charge in [-0.15, -0.1) is 0 Å². The molecule has 11 heteroatoms. The molecule has 0 heterocycles. The van der Waals surface area contributed by atoms with Crippen LogP contribution in [0, 0.1) is 23.1 Å². The van der Waals surface area contributed by atoms with E-state index in [-0.39, 0.29) is 41.5 Å². The Balaban J connectivity index is 1.83. The Labute approximate surface area is 226 Å². The molecule has 1 amide bonds. The van der Waals surface area contributed by atoms with E-state index >= 15 is 4.39 Å². The molecule has 7 N–H and O–H groups in total. The van der Waals surface area contributed by atoms with Gasteiger partial charge in [-0.25, -0.2) is 4.39 Å². The molecule has 1 saturated carbocycles. The van der Waals surface area contributed by atoms with Crippen LogP contribution in [0.3, 0.4) is 0 Å². The average molecular weight is 548 g/mol. The van der Waals surface area contributed by atoms with Gasteiger partial charge in [-0.3, -0.25) is 14.5 Å². The van der Waals surface area contributed by atoms with E-state index in [4.69, 9.17) is 5.73 Å². The molecule has 0 aromatic heterocycles. The predicted molar refractivity (Wildman–Crippen MR) is 141 cm³/mol. The maximum Gasteiger partial charge on any atom is 0.250 e. The van der Waals surface area contributed by atoms with Crippen molar-refractivity contribution >= 4 is 17.4 Å². The zero-order chi connectivity index (χ0) is 29.4. The lowest BCUT2D eigenvalue weighted by Gasteiger charge is -2.53. The third-order valence-corrected chi connectivity index (χ3v) is 8.11. The topological polar surface area (TPSA) is 168 Å². The van der Waals surface area contributed by atoms with Gasteiger partial charge in [0.25, 0.3) is 5.91 Å². The molecule has 0 saturated heterocycles. The van der Waals surface area contributed by atoms with Crippen molar-refractivity contribution in [1.82, 2.24) is 9.80 Å². The van der Waals surface area contributed by atoms with Gasteiger partial charge in [0.1, 0.15) is 17.6 Å². The number of nitrogens with two attached hydrogens (primary N) is 1. The predicted octanol–water partition coefficient (Wildman–Crippen LogP) is 1.37. The van der Waals surface area contributed by atoms with Crippen molar-refractivity contribution in [1.29, 1.82) is 0 Å². The van der Waals surface area contributed by atoms with Gasteiger partial charge in [-0.1, -0.05) is 26.8 Å². The largest absolute Gasteiger partial charge is 0.510 e. The van der Waals surface area contributed by atoms with Crippen LogP contribution in [-0.2, 0) is 22.6 Å². The van der Waals surface area contributed by atoms with Crippen LogP contribution in [-0.4, -0.2) is 92.5 Å². The number of phenols is 1. The third kappa shape index (κ3) is 4.51. The summed E-state index contributed by atoms with van der Waals surface area (Å²) in [4.78, 5) is 29.4. The quantitative estimate of drug-likeness (QED) is 0.319. The summed E-state index contributed by atoms with van der Waals surface area (Å²) in [5.41, 5.74) is 2.21. The SMILES string of the molecule is CN(Cc1cc2c(c(O)c1F)C(O)=C1C(=O)[C@]3(O)C(O)C(C(N)=O)=C(O)[C@@H](N(C)C)[C@@H]3C[C@@H]1C2)CC(C)(C)C. The summed E-state index contributed by atoms with van der Waals surface area (Å²) >= 11 is 0. The highest BCUT2D eigenvalue weighted by atomic mass is 19.1. The van der Waals surface area contributed by atoms with Crippen molar-refractivity contribution in [2.75, 3.05) is 27.7 Å². The Hall–Kier alpha value is -2.99. The van der Waals surface area contributed by atoms with Crippen molar-refractivity contribution in [3.8, 4) is 5.75 Å². The number of aromatic hydroxyl groups is 1. The fourth-order valence-corrected chi connectivity index (χ4v) is 6.79. The van der Waals surface area contributed by atoms with Crippen LogP contribution in [0.2, 0.25) is 0 Å². The molecule has 1 fully saturated rings. The smallest absolute Gasteiger partial charge is 0.250 e. The van der Waals surface area contributed by atoms with E-state index in [2.05, 4.69) is 20.8 Å². The number of hydrogen-bond acceptors (Lipinski definition) is 9. The lowest BCUT2D eigenvalue weighted by Crippen LogP contribution is -2.68. The average Bonchev–Trinajstić information content (AvgIpc) is 2.77. The van der Waals surface area contributed by atoms with Gasteiger partial charge >= 0.3 is 0 Å². The standard InChI is InChI=1S/C28H38FN3O7/c1-27(2,3)11-32(6)10-14-8-12-7-13-9-15-20(31(4)5)23(35)18(26(30)38)25(37)28(15,39)24(36)17(13)21(33)16(12)22(34)19(14)29/h8,13,15,20,25,33-35,37,39H,7,9-11H2,1-6H3,(H2,30,38)/t13-,15-,20-,25?,28-/m0/s1. The number of hydrogen-bond donors (Lipinski definition) is 6. The number of rotatable bonds is 5. The molecular formula is C28H38FN3O7. The van der Waals surface area contributed by atoms with Crippen LogP contribution in [0.25, 0.3) is 5.76 Å². The molecule has 3 aliphatic rings. The van der Waals surface area contributed by atoms with Crippen molar-refractivity contribution in [2.24, 2.45) is 23.0 Å². The summed E-state index contributed by atoms with van der Waals surface area (Å²) in [5.74, 6) is -6.94. The number of carbonyl (C=O) groups is 2. The minimum Gasteiger partial charge on any atom is -0.510 e. The number of phenolic OH excluding ortho intramolecular Hbond substituents is 1. The Morgan fingerprint density at radius 1 is 1.21 bits per heavy atom. The van der Waals surface area contributed by atoms with E-state index in [0.717, 1.165) is 0 Å². The molecule has 10 nitrogen and oxygen atoms in total. The molecule has 1 aromatic rings. The van der Waals surface area contributed by atoms with Crippen molar-refractivity contribution in [3.05, 3.63) is 45.5 Å². The number of aliphatic hydroxyl groups excluding tert-OH is 3. The van der Waals surface area contributed by atoms with Crippen molar-refractivity contribution in [3.63, 3.8) is 0 Å².